The Kier molecular flexibility index (Phi) is 5.92. The van der Waals surface area contributed by atoms with E-state index in [1.54, 1.807) is 12.3 Å². The first-order valence-corrected chi connectivity index (χ1v) is 9.25. The molecule has 1 aliphatic heterocycles. The Morgan fingerprint density at radius 2 is 2.21 bits per heavy atom. The second-order valence-corrected chi connectivity index (χ2v) is 7.80. The van der Waals surface area contributed by atoms with Crippen molar-refractivity contribution in [3.63, 3.8) is 0 Å². The molecule has 0 unspecified atom stereocenters. The van der Waals surface area contributed by atoms with Crippen molar-refractivity contribution in [1.82, 2.24) is 9.88 Å². The van der Waals surface area contributed by atoms with E-state index >= 15 is 0 Å². The fourth-order valence-electron chi connectivity index (χ4n) is 2.77. The number of benzene rings is 1. The molecule has 1 aromatic carbocycles. The van der Waals surface area contributed by atoms with Crippen molar-refractivity contribution in [2.75, 3.05) is 32.1 Å². The Bertz CT molecular complexity index is 674. The van der Waals surface area contributed by atoms with Crippen molar-refractivity contribution < 1.29 is 9.13 Å². The van der Waals surface area contributed by atoms with Gasteiger partial charge in [-0.15, -0.1) is 11.3 Å². The van der Waals surface area contributed by atoms with Crippen LogP contribution in [0.3, 0.4) is 0 Å². The number of nitrogens with zero attached hydrogens (tertiary/aromatic N) is 2. The van der Waals surface area contributed by atoms with Crippen LogP contribution in [0.15, 0.2) is 24.4 Å². The Morgan fingerprint density at radius 1 is 1.42 bits per heavy atom. The van der Waals surface area contributed by atoms with E-state index in [2.05, 4.69) is 22.2 Å². The van der Waals surface area contributed by atoms with Crippen LogP contribution < -0.4 is 10.1 Å². The maximum Gasteiger partial charge on any atom is 0.183 e. The number of rotatable bonds is 6. The fourth-order valence-corrected chi connectivity index (χ4v) is 3.69. The summed E-state index contributed by atoms with van der Waals surface area (Å²) in [5.41, 5.74) is 0.660. The first-order valence-electron chi connectivity index (χ1n) is 8.06. The van der Waals surface area contributed by atoms with Gasteiger partial charge < -0.3 is 15.0 Å². The van der Waals surface area contributed by atoms with E-state index in [4.69, 9.17) is 16.3 Å². The lowest BCUT2D eigenvalue weighted by atomic mass is 9.98. The zero-order chi connectivity index (χ0) is 16.9. The lowest BCUT2D eigenvalue weighted by Crippen LogP contribution is -2.32. The van der Waals surface area contributed by atoms with Gasteiger partial charge in [0, 0.05) is 11.1 Å². The smallest absolute Gasteiger partial charge is 0.183 e. The molecule has 4 nitrogen and oxygen atoms in total. The molecular formula is C17H21ClFN3OS. The minimum atomic E-state index is -0.338. The van der Waals surface area contributed by atoms with Gasteiger partial charge in [0.25, 0.3) is 0 Å². The van der Waals surface area contributed by atoms with E-state index in [9.17, 15) is 4.39 Å². The van der Waals surface area contributed by atoms with Gasteiger partial charge in [0.05, 0.1) is 18.8 Å². The van der Waals surface area contributed by atoms with E-state index < -0.39 is 0 Å². The molecule has 7 heteroatoms. The Balaban J connectivity index is 1.61. The predicted molar refractivity (Wildman–Crippen MR) is 96.6 cm³/mol. The van der Waals surface area contributed by atoms with E-state index in [1.807, 2.05) is 6.07 Å². The van der Waals surface area contributed by atoms with Crippen LogP contribution in [0, 0.1) is 11.7 Å². The number of aromatic nitrogens is 1. The molecule has 0 spiro atoms. The number of thiazole rings is 1. The number of para-hydroxylation sites is 1. The molecule has 0 saturated carbocycles. The largest absolute Gasteiger partial charge is 0.488 e. The second-order valence-electron chi connectivity index (χ2n) is 6.11. The van der Waals surface area contributed by atoms with E-state index in [-0.39, 0.29) is 5.82 Å². The average molecular weight is 370 g/mol. The molecule has 0 atom stereocenters. The molecule has 2 aromatic rings. The third-order valence-electron chi connectivity index (χ3n) is 4.25. The summed E-state index contributed by atoms with van der Waals surface area (Å²) in [6.07, 6.45) is 3.90. The molecular weight excluding hydrogens is 349 g/mol. The highest BCUT2D eigenvalue weighted by atomic mass is 35.5. The first kappa shape index (κ1) is 17.5. The first-order chi connectivity index (χ1) is 11.6. The number of nitrogens with one attached hydrogen (secondary N) is 1. The molecule has 0 radical (unpaired) electrons. The maximum absolute atomic E-state index is 14.2. The van der Waals surface area contributed by atoms with Crippen LogP contribution in [0.2, 0.25) is 4.47 Å². The van der Waals surface area contributed by atoms with E-state index in [1.165, 1.54) is 17.4 Å². The van der Waals surface area contributed by atoms with Crippen molar-refractivity contribution in [3.05, 3.63) is 39.6 Å². The normalized spacial score (nSPS) is 16.3. The van der Waals surface area contributed by atoms with Crippen LogP contribution in [-0.2, 0) is 6.54 Å². The second kappa shape index (κ2) is 8.14. The summed E-state index contributed by atoms with van der Waals surface area (Å²) >= 11 is 7.24. The highest BCUT2D eigenvalue weighted by Crippen LogP contribution is 2.30. The standard InChI is InChI=1S/C17H21ClFN3OS/c1-22-7-5-12(6-8-22)11-23-16-14(19)3-2-4-15(16)20-9-13-10-21-17(18)24-13/h2-4,10,12,20H,5-9,11H2,1H3. The molecule has 2 heterocycles. The molecule has 0 amide bonds. The number of anilines is 1. The Labute approximate surface area is 150 Å². The van der Waals surface area contributed by atoms with Crippen LogP contribution in [0.4, 0.5) is 10.1 Å². The lowest BCUT2D eigenvalue weighted by molar-refractivity contribution is 0.157. The predicted octanol–water partition coefficient (Wildman–Crippen LogP) is 4.27. The van der Waals surface area contributed by atoms with Gasteiger partial charge in [0.15, 0.2) is 16.0 Å². The summed E-state index contributed by atoms with van der Waals surface area (Å²) in [5.74, 6) is 0.441. The summed E-state index contributed by atoms with van der Waals surface area (Å²) in [7, 11) is 2.13. The van der Waals surface area contributed by atoms with Gasteiger partial charge in [0.2, 0.25) is 0 Å². The van der Waals surface area contributed by atoms with Gasteiger partial charge >= 0.3 is 0 Å². The number of ether oxygens (including phenoxy) is 1. The fraction of sp³-hybridized carbons (Fsp3) is 0.471. The molecule has 1 N–H and O–H groups in total. The van der Waals surface area contributed by atoms with Gasteiger partial charge in [-0.2, -0.15) is 0 Å². The number of halogens is 2. The molecule has 24 heavy (non-hydrogen) atoms. The highest BCUT2D eigenvalue weighted by molar-refractivity contribution is 7.15. The van der Waals surface area contributed by atoms with Crippen LogP contribution in [0.25, 0.3) is 0 Å². The van der Waals surface area contributed by atoms with Crippen LogP contribution >= 0.6 is 22.9 Å². The van der Waals surface area contributed by atoms with Crippen molar-refractivity contribution >= 4 is 28.6 Å². The topological polar surface area (TPSA) is 37.4 Å². The number of hydrogen-bond donors (Lipinski definition) is 1. The summed E-state index contributed by atoms with van der Waals surface area (Å²) in [5, 5.41) is 3.22. The molecule has 1 aliphatic rings. The Morgan fingerprint density at radius 3 is 2.92 bits per heavy atom. The SMILES string of the molecule is CN1CCC(COc2c(F)cccc2NCc2cnc(Cl)s2)CC1. The monoisotopic (exact) mass is 369 g/mol. The number of piperidine rings is 1. The minimum Gasteiger partial charge on any atom is -0.488 e. The van der Waals surface area contributed by atoms with Crippen molar-refractivity contribution in [1.29, 1.82) is 0 Å². The molecule has 0 bridgehead atoms. The molecule has 1 aromatic heterocycles. The van der Waals surface area contributed by atoms with Gasteiger partial charge in [-0.05, 0) is 51.0 Å². The molecule has 1 fully saturated rings. The summed E-state index contributed by atoms with van der Waals surface area (Å²) < 4.78 is 20.5. The zero-order valence-electron chi connectivity index (χ0n) is 13.6. The quantitative estimate of drug-likeness (QED) is 0.825. The van der Waals surface area contributed by atoms with Crippen LogP contribution in [0.5, 0.6) is 5.75 Å². The number of likely N-dealkylation sites (tertiary alicyclic amines) is 1. The third kappa shape index (κ3) is 4.59. The molecule has 0 aliphatic carbocycles. The zero-order valence-corrected chi connectivity index (χ0v) is 15.2. The lowest BCUT2D eigenvalue weighted by Gasteiger charge is -2.29. The third-order valence-corrected chi connectivity index (χ3v) is 5.36. The summed E-state index contributed by atoms with van der Waals surface area (Å²) in [4.78, 5) is 7.31. The highest BCUT2D eigenvalue weighted by Gasteiger charge is 2.19. The van der Waals surface area contributed by atoms with Crippen molar-refractivity contribution in [3.8, 4) is 5.75 Å². The van der Waals surface area contributed by atoms with Crippen molar-refractivity contribution in [2.24, 2.45) is 5.92 Å². The molecule has 130 valence electrons. The molecule has 3 rings (SSSR count). The van der Waals surface area contributed by atoms with Crippen LogP contribution in [0.1, 0.15) is 17.7 Å². The van der Waals surface area contributed by atoms with E-state index in [0.29, 0.717) is 35.0 Å². The summed E-state index contributed by atoms with van der Waals surface area (Å²) in [6, 6.07) is 4.94. The molecule has 1 saturated heterocycles. The minimum absolute atomic E-state index is 0.298. The Hall–Kier alpha value is -1.37. The van der Waals surface area contributed by atoms with Crippen LogP contribution in [-0.4, -0.2) is 36.6 Å². The average Bonchev–Trinajstić information content (AvgIpc) is 2.99. The maximum atomic E-state index is 14.2. The van der Waals surface area contributed by atoms with Gasteiger partial charge in [-0.25, -0.2) is 9.37 Å². The summed E-state index contributed by atoms with van der Waals surface area (Å²) in [6.45, 7) is 3.24. The van der Waals surface area contributed by atoms with E-state index in [0.717, 1.165) is 30.8 Å². The number of hydrogen-bond acceptors (Lipinski definition) is 5. The van der Waals surface area contributed by atoms with Gasteiger partial charge in [-0.3, -0.25) is 0 Å². The van der Waals surface area contributed by atoms with Gasteiger partial charge in [0.1, 0.15) is 0 Å². The van der Waals surface area contributed by atoms with Gasteiger partial charge in [-0.1, -0.05) is 17.7 Å². The van der Waals surface area contributed by atoms with Crippen molar-refractivity contribution in [2.45, 2.75) is 19.4 Å².